The fourth-order valence-electron chi connectivity index (χ4n) is 1.14. The third-order valence-electron chi connectivity index (χ3n) is 1.93. The lowest BCUT2D eigenvalue weighted by Crippen LogP contribution is -2.29. The van der Waals surface area contributed by atoms with Gasteiger partial charge in [-0.2, -0.15) is 0 Å². The van der Waals surface area contributed by atoms with Crippen LogP contribution >= 0.6 is 11.6 Å². The van der Waals surface area contributed by atoms with Crippen LogP contribution in [0.25, 0.3) is 0 Å². The zero-order valence-corrected chi connectivity index (χ0v) is 10.1. The second kappa shape index (κ2) is 5.53. The molecule has 1 aromatic heterocycles. The minimum atomic E-state index is -3.22. The number of hydrogen-bond acceptors (Lipinski definition) is 2. The molecule has 15 heavy (non-hydrogen) atoms. The molecular formula is C9H15ClN2O2S. The highest BCUT2D eigenvalue weighted by Crippen LogP contribution is 2.03. The Morgan fingerprint density at radius 2 is 2.33 bits per heavy atom. The highest BCUT2D eigenvalue weighted by molar-refractivity contribution is 7.89. The molecule has 6 heteroatoms. The molecule has 0 radical (unpaired) electrons. The fourth-order valence-corrected chi connectivity index (χ4v) is 2.75. The second-order valence-electron chi connectivity index (χ2n) is 3.58. The van der Waals surface area contributed by atoms with Crippen LogP contribution in [-0.4, -0.2) is 25.0 Å². The van der Waals surface area contributed by atoms with Gasteiger partial charge in [0.1, 0.15) is 0 Å². The average molecular weight is 251 g/mol. The van der Waals surface area contributed by atoms with Crippen molar-refractivity contribution in [1.29, 1.82) is 0 Å². The molecule has 4 nitrogen and oxygen atoms in total. The maximum Gasteiger partial charge on any atom is 0.212 e. The lowest BCUT2D eigenvalue weighted by atomic mass is 10.3. The summed E-state index contributed by atoms with van der Waals surface area (Å²) in [6, 6.07) is 1.83. The highest BCUT2D eigenvalue weighted by atomic mass is 35.5. The summed E-state index contributed by atoms with van der Waals surface area (Å²) in [6.45, 7) is 2.13. The average Bonchev–Trinajstić information content (AvgIpc) is 2.66. The van der Waals surface area contributed by atoms with Crippen LogP contribution in [0.4, 0.5) is 0 Å². The topological polar surface area (TPSA) is 62.0 Å². The molecule has 0 aliphatic carbocycles. The molecule has 86 valence electrons. The largest absolute Gasteiger partial charge is 0.367 e. The summed E-state index contributed by atoms with van der Waals surface area (Å²) in [5, 5.41) is 0. The molecule has 0 amide bonds. The number of hydrogen-bond donors (Lipinski definition) is 2. The highest BCUT2D eigenvalue weighted by Gasteiger charge is 2.14. The summed E-state index contributed by atoms with van der Waals surface area (Å²) < 4.78 is 25.6. The van der Waals surface area contributed by atoms with Gasteiger partial charge in [0.15, 0.2) is 0 Å². The quantitative estimate of drug-likeness (QED) is 0.748. The second-order valence-corrected chi connectivity index (χ2v) is 5.74. The fraction of sp³-hybridized carbons (Fsp3) is 0.556. The minimum Gasteiger partial charge on any atom is -0.367 e. The van der Waals surface area contributed by atoms with Crippen LogP contribution < -0.4 is 4.72 Å². The standard InChI is InChI=1S/C9H15ClN2O2S/c1-8(4-10)7-15(13,14)12-6-9-2-3-11-5-9/h2-3,5,8,11-12H,4,6-7H2,1H3. The van der Waals surface area contributed by atoms with Crippen LogP contribution in [-0.2, 0) is 16.6 Å². The lowest BCUT2D eigenvalue weighted by Gasteiger charge is -2.09. The van der Waals surface area contributed by atoms with Gasteiger partial charge in [-0.15, -0.1) is 11.6 Å². The Kier molecular flexibility index (Phi) is 4.63. The van der Waals surface area contributed by atoms with Crippen molar-refractivity contribution in [3.05, 3.63) is 24.0 Å². The number of H-pyrrole nitrogens is 1. The molecule has 2 N–H and O–H groups in total. The van der Waals surface area contributed by atoms with Gasteiger partial charge in [0, 0.05) is 24.8 Å². The monoisotopic (exact) mass is 250 g/mol. The summed E-state index contributed by atoms with van der Waals surface area (Å²) in [4.78, 5) is 2.86. The maximum atomic E-state index is 11.5. The van der Waals surface area contributed by atoms with E-state index in [0.717, 1.165) is 5.56 Å². The lowest BCUT2D eigenvalue weighted by molar-refractivity contribution is 0.568. The first-order valence-corrected chi connectivity index (χ1v) is 6.87. The Hall–Kier alpha value is -0.520. The summed E-state index contributed by atoms with van der Waals surface area (Å²) in [5.74, 6) is 0.391. The predicted molar refractivity (Wildman–Crippen MR) is 61.3 cm³/mol. The molecule has 0 aliphatic rings. The number of aromatic amines is 1. The molecule has 1 aromatic rings. The molecule has 0 saturated heterocycles. The van der Waals surface area contributed by atoms with E-state index in [4.69, 9.17) is 11.6 Å². The van der Waals surface area contributed by atoms with E-state index < -0.39 is 10.0 Å². The molecule has 0 saturated carbocycles. The van der Waals surface area contributed by atoms with Crippen molar-refractivity contribution in [2.45, 2.75) is 13.5 Å². The van der Waals surface area contributed by atoms with Gasteiger partial charge >= 0.3 is 0 Å². The number of aromatic nitrogens is 1. The first-order chi connectivity index (χ1) is 7.03. The smallest absolute Gasteiger partial charge is 0.212 e. The van der Waals surface area contributed by atoms with E-state index in [1.807, 2.05) is 13.0 Å². The van der Waals surface area contributed by atoms with E-state index in [0.29, 0.717) is 12.4 Å². The summed E-state index contributed by atoms with van der Waals surface area (Å²) in [7, 11) is -3.22. The van der Waals surface area contributed by atoms with Crippen LogP contribution in [0.2, 0.25) is 0 Å². The van der Waals surface area contributed by atoms with Gasteiger partial charge < -0.3 is 4.98 Å². The van der Waals surface area contributed by atoms with Crippen molar-refractivity contribution in [2.75, 3.05) is 11.6 Å². The molecule has 0 fully saturated rings. The Labute approximate surface area is 95.1 Å². The van der Waals surface area contributed by atoms with E-state index in [2.05, 4.69) is 9.71 Å². The molecular weight excluding hydrogens is 236 g/mol. The third kappa shape index (κ3) is 4.68. The normalized spacial score (nSPS) is 14.0. The van der Waals surface area contributed by atoms with Crippen LogP contribution in [0.3, 0.4) is 0 Å². The molecule has 0 aliphatic heterocycles. The SMILES string of the molecule is CC(CCl)CS(=O)(=O)NCc1cc[nH]c1. The molecule has 1 heterocycles. The first kappa shape index (κ1) is 12.5. The maximum absolute atomic E-state index is 11.5. The van der Waals surface area contributed by atoms with E-state index in [1.165, 1.54) is 0 Å². The van der Waals surface area contributed by atoms with Gasteiger partial charge in [-0.25, -0.2) is 13.1 Å². The molecule has 1 atom stereocenters. The van der Waals surface area contributed by atoms with Gasteiger partial charge in [-0.05, 0) is 17.5 Å². The van der Waals surface area contributed by atoms with Crippen molar-refractivity contribution in [2.24, 2.45) is 5.92 Å². The zero-order chi connectivity index (χ0) is 11.3. The Balaban J connectivity index is 2.43. The number of nitrogens with one attached hydrogen (secondary N) is 2. The van der Waals surface area contributed by atoms with Crippen molar-refractivity contribution >= 4 is 21.6 Å². The third-order valence-corrected chi connectivity index (χ3v) is 4.04. The molecule has 1 rings (SSSR count). The van der Waals surface area contributed by atoms with Gasteiger partial charge in [0.25, 0.3) is 0 Å². The van der Waals surface area contributed by atoms with Gasteiger partial charge in [0.05, 0.1) is 5.75 Å². The van der Waals surface area contributed by atoms with Gasteiger partial charge in [-0.1, -0.05) is 6.92 Å². The van der Waals surface area contributed by atoms with Crippen LogP contribution in [0.15, 0.2) is 18.5 Å². The van der Waals surface area contributed by atoms with Crippen LogP contribution in [0.1, 0.15) is 12.5 Å². The van der Waals surface area contributed by atoms with E-state index in [1.54, 1.807) is 12.4 Å². The van der Waals surface area contributed by atoms with Crippen molar-refractivity contribution in [1.82, 2.24) is 9.71 Å². The molecule has 1 unspecified atom stereocenters. The van der Waals surface area contributed by atoms with E-state index in [9.17, 15) is 8.42 Å². The van der Waals surface area contributed by atoms with Crippen LogP contribution in [0, 0.1) is 5.92 Å². The zero-order valence-electron chi connectivity index (χ0n) is 8.53. The summed E-state index contributed by atoms with van der Waals surface area (Å²) in [6.07, 6.45) is 3.51. The number of alkyl halides is 1. The van der Waals surface area contributed by atoms with E-state index >= 15 is 0 Å². The Bertz CT molecular complexity index is 375. The van der Waals surface area contributed by atoms with Crippen molar-refractivity contribution in [3.8, 4) is 0 Å². The summed E-state index contributed by atoms with van der Waals surface area (Å²) >= 11 is 5.56. The van der Waals surface area contributed by atoms with Crippen molar-refractivity contribution < 1.29 is 8.42 Å². The minimum absolute atomic E-state index is 0.0320. The summed E-state index contributed by atoms with van der Waals surface area (Å²) in [5.41, 5.74) is 0.914. The number of sulfonamides is 1. The van der Waals surface area contributed by atoms with Crippen molar-refractivity contribution in [3.63, 3.8) is 0 Å². The number of rotatable bonds is 6. The van der Waals surface area contributed by atoms with Crippen LogP contribution in [0.5, 0.6) is 0 Å². The number of halogens is 1. The molecule has 0 spiro atoms. The predicted octanol–water partition coefficient (Wildman–Crippen LogP) is 1.31. The van der Waals surface area contributed by atoms with Gasteiger partial charge in [-0.3, -0.25) is 0 Å². The van der Waals surface area contributed by atoms with Gasteiger partial charge in [0.2, 0.25) is 10.0 Å². The van der Waals surface area contributed by atoms with E-state index in [-0.39, 0.29) is 11.7 Å². The first-order valence-electron chi connectivity index (χ1n) is 4.68. The molecule has 0 aromatic carbocycles. The molecule has 0 bridgehead atoms. The Morgan fingerprint density at radius 1 is 1.60 bits per heavy atom. The Morgan fingerprint density at radius 3 is 2.87 bits per heavy atom.